The lowest BCUT2D eigenvalue weighted by atomic mass is 9.69. The Hall–Kier alpha value is -2.56. The Morgan fingerprint density at radius 2 is 2.04 bits per heavy atom. The fourth-order valence-electron chi connectivity index (χ4n) is 4.26. The molecule has 0 saturated heterocycles. The van der Waals surface area contributed by atoms with E-state index < -0.39 is 11.4 Å². The zero-order valence-electron chi connectivity index (χ0n) is 16.0. The summed E-state index contributed by atoms with van der Waals surface area (Å²) in [5.74, 6) is 0.186. The SMILES string of the molecule is Cc1cc2c(cc1OCC(C)C)CC1(CCC1)n1cc(C(=O)O)c(=O)cc1-2. The minimum atomic E-state index is -1.16. The molecule has 2 aliphatic rings. The second-order valence-corrected chi connectivity index (χ2v) is 8.35. The Labute approximate surface area is 158 Å². The molecule has 1 spiro atoms. The van der Waals surface area contributed by atoms with Gasteiger partial charge in [-0.25, -0.2) is 4.79 Å². The quantitative estimate of drug-likeness (QED) is 0.887. The van der Waals surface area contributed by atoms with Crippen LogP contribution >= 0.6 is 0 Å². The number of nitrogens with zero attached hydrogens (tertiary/aromatic N) is 1. The molecular formula is C22H25NO4. The molecule has 2 aromatic rings. The van der Waals surface area contributed by atoms with E-state index in [-0.39, 0.29) is 11.1 Å². The van der Waals surface area contributed by atoms with Crippen LogP contribution in [-0.4, -0.2) is 22.2 Å². The second-order valence-electron chi connectivity index (χ2n) is 8.35. The normalized spacial score (nSPS) is 16.6. The third kappa shape index (κ3) is 2.85. The first-order chi connectivity index (χ1) is 12.8. The summed E-state index contributed by atoms with van der Waals surface area (Å²) >= 11 is 0. The van der Waals surface area contributed by atoms with E-state index in [1.807, 2.05) is 6.92 Å². The highest BCUT2D eigenvalue weighted by Gasteiger charge is 2.43. The summed E-state index contributed by atoms with van der Waals surface area (Å²) in [6.07, 6.45) is 5.51. The van der Waals surface area contributed by atoms with Gasteiger partial charge in [0.05, 0.1) is 12.3 Å². The highest BCUT2D eigenvalue weighted by Crippen LogP contribution is 2.49. The molecule has 1 aliphatic heterocycles. The molecule has 4 rings (SSSR count). The van der Waals surface area contributed by atoms with Crippen molar-refractivity contribution in [3.8, 4) is 17.0 Å². The predicted octanol–water partition coefficient (Wildman–Crippen LogP) is 3.99. The number of fused-ring (bicyclic) bond motifs is 4. The van der Waals surface area contributed by atoms with E-state index in [1.165, 1.54) is 11.6 Å². The number of hydrogen-bond donors (Lipinski definition) is 1. The molecule has 1 aromatic carbocycles. The summed E-state index contributed by atoms with van der Waals surface area (Å²) in [5.41, 5.74) is 3.34. The Balaban J connectivity index is 1.88. The van der Waals surface area contributed by atoms with Crippen LogP contribution in [0.1, 0.15) is 54.6 Å². The molecule has 142 valence electrons. The van der Waals surface area contributed by atoms with Gasteiger partial charge in [-0.05, 0) is 61.8 Å². The van der Waals surface area contributed by atoms with Crippen LogP contribution in [-0.2, 0) is 12.0 Å². The van der Waals surface area contributed by atoms with Crippen molar-refractivity contribution >= 4 is 5.97 Å². The summed E-state index contributed by atoms with van der Waals surface area (Å²) in [5, 5.41) is 9.38. The Morgan fingerprint density at radius 1 is 1.30 bits per heavy atom. The van der Waals surface area contributed by atoms with Crippen LogP contribution in [0.2, 0.25) is 0 Å². The van der Waals surface area contributed by atoms with Crippen LogP contribution in [0.15, 0.2) is 29.2 Å². The number of hydrogen-bond acceptors (Lipinski definition) is 3. The van der Waals surface area contributed by atoms with E-state index in [1.54, 1.807) is 6.20 Å². The van der Waals surface area contributed by atoms with E-state index in [9.17, 15) is 14.7 Å². The van der Waals surface area contributed by atoms with Crippen molar-refractivity contribution < 1.29 is 14.6 Å². The Bertz CT molecular complexity index is 983. The smallest absolute Gasteiger partial charge is 0.341 e. The van der Waals surface area contributed by atoms with Gasteiger partial charge in [0.2, 0.25) is 0 Å². The zero-order valence-corrected chi connectivity index (χ0v) is 16.0. The van der Waals surface area contributed by atoms with Crippen molar-refractivity contribution in [3.05, 3.63) is 51.3 Å². The topological polar surface area (TPSA) is 68.5 Å². The number of aryl methyl sites for hydroxylation is 1. The van der Waals surface area contributed by atoms with Crippen molar-refractivity contribution in [2.24, 2.45) is 5.92 Å². The van der Waals surface area contributed by atoms with Crippen LogP contribution < -0.4 is 10.2 Å². The number of carboxylic acid groups (broad SMARTS) is 1. The van der Waals surface area contributed by atoms with Crippen LogP contribution in [0, 0.1) is 12.8 Å². The Morgan fingerprint density at radius 3 is 2.63 bits per heavy atom. The number of aromatic carboxylic acids is 1. The molecule has 0 amide bonds. The van der Waals surface area contributed by atoms with Gasteiger partial charge in [-0.3, -0.25) is 4.79 Å². The molecule has 0 bridgehead atoms. The number of ether oxygens (including phenoxy) is 1. The van der Waals surface area contributed by atoms with Gasteiger partial charge in [0.15, 0.2) is 5.43 Å². The summed E-state index contributed by atoms with van der Waals surface area (Å²) in [7, 11) is 0. The fourth-order valence-corrected chi connectivity index (χ4v) is 4.26. The first-order valence-corrected chi connectivity index (χ1v) is 9.58. The van der Waals surface area contributed by atoms with Gasteiger partial charge < -0.3 is 14.4 Å². The van der Waals surface area contributed by atoms with Crippen molar-refractivity contribution in [2.75, 3.05) is 6.61 Å². The van der Waals surface area contributed by atoms with Gasteiger partial charge in [-0.2, -0.15) is 0 Å². The minimum absolute atomic E-state index is 0.120. The molecule has 1 saturated carbocycles. The summed E-state index contributed by atoms with van der Waals surface area (Å²) < 4.78 is 8.05. The number of benzene rings is 1. The van der Waals surface area contributed by atoms with Crippen molar-refractivity contribution in [3.63, 3.8) is 0 Å². The van der Waals surface area contributed by atoms with Crippen LogP contribution in [0.25, 0.3) is 11.3 Å². The van der Waals surface area contributed by atoms with Crippen molar-refractivity contribution in [1.82, 2.24) is 4.57 Å². The van der Waals surface area contributed by atoms with Gasteiger partial charge in [-0.1, -0.05) is 13.8 Å². The first-order valence-electron chi connectivity index (χ1n) is 9.58. The molecule has 5 heteroatoms. The van der Waals surface area contributed by atoms with Crippen LogP contribution in [0.3, 0.4) is 0 Å². The summed E-state index contributed by atoms with van der Waals surface area (Å²) in [6, 6.07) is 5.68. The molecule has 2 heterocycles. The van der Waals surface area contributed by atoms with Gasteiger partial charge in [0, 0.05) is 23.4 Å². The number of pyridine rings is 1. The maximum atomic E-state index is 12.4. The van der Waals surface area contributed by atoms with Gasteiger partial charge >= 0.3 is 5.97 Å². The third-order valence-electron chi connectivity index (χ3n) is 5.85. The van der Waals surface area contributed by atoms with Gasteiger partial charge in [-0.15, -0.1) is 0 Å². The highest BCUT2D eigenvalue weighted by molar-refractivity contribution is 5.88. The van der Waals surface area contributed by atoms with Crippen LogP contribution in [0.4, 0.5) is 0 Å². The average molecular weight is 367 g/mol. The van der Waals surface area contributed by atoms with Crippen molar-refractivity contribution in [1.29, 1.82) is 0 Å². The Kier molecular flexibility index (Phi) is 4.13. The standard InChI is InChI=1S/C22H25NO4/c1-13(2)12-27-20-8-15-10-22(5-4-6-22)23-11-17(21(25)26)19(24)9-18(23)16(15)7-14(20)3/h7-9,11,13H,4-6,10,12H2,1-3H3,(H,25,26). The fraction of sp³-hybridized carbons (Fsp3) is 0.455. The maximum Gasteiger partial charge on any atom is 0.341 e. The molecule has 0 unspecified atom stereocenters. The van der Waals surface area contributed by atoms with E-state index in [0.29, 0.717) is 12.5 Å². The summed E-state index contributed by atoms with van der Waals surface area (Å²) in [4.78, 5) is 23.8. The zero-order chi connectivity index (χ0) is 19.3. The lowest BCUT2D eigenvalue weighted by Crippen LogP contribution is -2.46. The molecule has 1 aromatic heterocycles. The largest absolute Gasteiger partial charge is 0.493 e. The first kappa shape index (κ1) is 17.8. The van der Waals surface area contributed by atoms with E-state index in [4.69, 9.17) is 4.74 Å². The lowest BCUT2D eigenvalue weighted by Gasteiger charge is -2.48. The van der Waals surface area contributed by atoms with E-state index >= 15 is 0 Å². The van der Waals surface area contributed by atoms with Gasteiger partial charge in [0.1, 0.15) is 11.3 Å². The second kappa shape index (κ2) is 6.25. The lowest BCUT2D eigenvalue weighted by molar-refractivity contribution is 0.0691. The van der Waals surface area contributed by atoms with E-state index in [0.717, 1.165) is 48.3 Å². The van der Waals surface area contributed by atoms with Gasteiger partial charge in [0.25, 0.3) is 0 Å². The third-order valence-corrected chi connectivity index (χ3v) is 5.85. The molecule has 0 radical (unpaired) electrons. The van der Waals surface area contributed by atoms with E-state index in [2.05, 4.69) is 30.5 Å². The number of rotatable bonds is 4. The number of carboxylic acids is 1. The minimum Gasteiger partial charge on any atom is -0.493 e. The predicted molar refractivity (Wildman–Crippen MR) is 104 cm³/mol. The molecule has 1 N–H and O–H groups in total. The summed E-state index contributed by atoms with van der Waals surface area (Å²) in [6.45, 7) is 6.93. The molecule has 27 heavy (non-hydrogen) atoms. The molecular weight excluding hydrogens is 342 g/mol. The molecule has 1 aliphatic carbocycles. The molecule has 5 nitrogen and oxygen atoms in total. The maximum absolute atomic E-state index is 12.4. The molecule has 1 fully saturated rings. The number of aromatic nitrogens is 1. The van der Waals surface area contributed by atoms with Crippen LogP contribution in [0.5, 0.6) is 5.75 Å². The van der Waals surface area contributed by atoms with Crippen molar-refractivity contribution in [2.45, 2.75) is 52.0 Å². The average Bonchev–Trinajstić information content (AvgIpc) is 2.57. The number of carbonyl (C=O) groups is 1. The monoisotopic (exact) mass is 367 g/mol. The highest BCUT2D eigenvalue weighted by atomic mass is 16.5. The molecule has 0 atom stereocenters.